The minimum atomic E-state index is -0.490. The van der Waals surface area contributed by atoms with Crippen molar-refractivity contribution in [2.24, 2.45) is 0 Å². The van der Waals surface area contributed by atoms with Gasteiger partial charge in [0.15, 0.2) is 5.76 Å². The van der Waals surface area contributed by atoms with Crippen LogP contribution >= 0.6 is 0 Å². The summed E-state index contributed by atoms with van der Waals surface area (Å²) in [7, 11) is 1.27. The summed E-state index contributed by atoms with van der Waals surface area (Å²) in [5, 5.41) is 2.41. The number of rotatable bonds is 6. The van der Waals surface area contributed by atoms with Crippen molar-refractivity contribution in [3.8, 4) is 0 Å². The summed E-state index contributed by atoms with van der Waals surface area (Å²) >= 11 is 0. The van der Waals surface area contributed by atoms with Crippen LogP contribution in [0.3, 0.4) is 0 Å². The number of amides is 1. The van der Waals surface area contributed by atoms with Gasteiger partial charge in [-0.3, -0.25) is 9.59 Å². The SMILES string of the molecule is CCCCc1ccc(C(=O)NCC(=O)OC)o1. The lowest BCUT2D eigenvalue weighted by Crippen LogP contribution is -2.29. The van der Waals surface area contributed by atoms with Crippen molar-refractivity contribution in [2.75, 3.05) is 13.7 Å². The maximum atomic E-state index is 11.5. The summed E-state index contributed by atoms with van der Waals surface area (Å²) in [6.45, 7) is 1.94. The fourth-order valence-electron chi connectivity index (χ4n) is 1.30. The first kappa shape index (κ1) is 13.3. The second-order valence-corrected chi connectivity index (χ2v) is 3.63. The molecule has 1 N–H and O–H groups in total. The van der Waals surface area contributed by atoms with E-state index in [9.17, 15) is 9.59 Å². The first-order valence-corrected chi connectivity index (χ1v) is 5.61. The number of ether oxygens (including phenoxy) is 1. The highest BCUT2D eigenvalue weighted by Gasteiger charge is 2.12. The molecule has 0 atom stereocenters. The van der Waals surface area contributed by atoms with E-state index in [1.54, 1.807) is 12.1 Å². The Hall–Kier alpha value is -1.78. The van der Waals surface area contributed by atoms with Crippen LogP contribution in [0.5, 0.6) is 0 Å². The van der Waals surface area contributed by atoms with Gasteiger partial charge in [-0.1, -0.05) is 13.3 Å². The topological polar surface area (TPSA) is 68.5 Å². The molecule has 0 aliphatic heterocycles. The number of nitrogens with one attached hydrogen (secondary N) is 1. The Morgan fingerprint density at radius 3 is 2.82 bits per heavy atom. The third-order valence-corrected chi connectivity index (χ3v) is 2.28. The van der Waals surface area contributed by atoms with Crippen molar-refractivity contribution in [1.29, 1.82) is 0 Å². The Morgan fingerprint density at radius 2 is 2.18 bits per heavy atom. The monoisotopic (exact) mass is 239 g/mol. The summed E-state index contributed by atoms with van der Waals surface area (Å²) in [5.74, 6) is 0.115. The molecule has 0 aliphatic rings. The zero-order valence-electron chi connectivity index (χ0n) is 10.1. The fraction of sp³-hybridized carbons (Fsp3) is 0.500. The van der Waals surface area contributed by atoms with Crippen molar-refractivity contribution in [2.45, 2.75) is 26.2 Å². The van der Waals surface area contributed by atoms with Crippen molar-refractivity contribution in [3.05, 3.63) is 23.7 Å². The molecule has 0 saturated heterocycles. The minimum Gasteiger partial charge on any atom is -0.468 e. The molecule has 0 spiro atoms. The average Bonchev–Trinajstić information content (AvgIpc) is 2.81. The predicted molar refractivity (Wildman–Crippen MR) is 61.7 cm³/mol. The van der Waals surface area contributed by atoms with Crippen LogP contribution in [0.25, 0.3) is 0 Å². The zero-order chi connectivity index (χ0) is 12.7. The molecule has 0 saturated carbocycles. The highest BCUT2D eigenvalue weighted by Crippen LogP contribution is 2.10. The highest BCUT2D eigenvalue weighted by atomic mass is 16.5. The van der Waals surface area contributed by atoms with Crippen LogP contribution in [0, 0.1) is 0 Å². The number of furan rings is 1. The lowest BCUT2D eigenvalue weighted by Gasteiger charge is -2.01. The lowest BCUT2D eigenvalue weighted by atomic mass is 10.2. The molecule has 1 rings (SSSR count). The number of carbonyl (C=O) groups excluding carboxylic acids is 2. The number of hydrogen-bond acceptors (Lipinski definition) is 4. The third kappa shape index (κ3) is 4.30. The van der Waals surface area contributed by atoms with Gasteiger partial charge in [-0.25, -0.2) is 0 Å². The van der Waals surface area contributed by atoms with Gasteiger partial charge in [0, 0.05) is 6.42 Å². The van der Waals surface area contributed by atoms with Crippen molar-refractivity contribution in [1.82, 2.24) is 5.32 Å². The van der Waals surface area contributed by atoms with E-state index in [2.05, 4.69) is 17.0 Å². The Balaban J connectivity index is 2.46. The van der Waals surface area contributed by atoms with Gasteiger partial charge in [-0.15, -0.1) is 0 Å². The van der Waals surface area contributed by atoms with E-state index in [1.807, 2.05) is 0 Å². The second kappa shape index (κ2) is 6.73. The van der Waals surface area contributed by atoms with Crippen molar-refractivity contribution >= 4 is 11.9 Å². The zero-order valence-corrected chi connectivity index (χ0v) is 10.1. The molecule has 1 amide bonds. The van der Waals surface area contributed by atoms with Gasteiger partial charge in [-0.2, -0.15) is 0 Å². The maximum Gasteiger partial charge on any atom is 0.325 e. The number of carbonyl (C=O) groups is 2. The standard InChI is InChI=1S/C12H17NO4/c1-3-4-5-9-6-7-10(17-9)12(15)13-8-11(14)16-2/h6-7H,3-5,8H2,1-2H3,(H,13,15). The molecule has 1 aromatic rings. The third-order valence-electron chi connectivity index (χ3n) is 2.28. The molecule has 0 fully saturated rings. The maximum absolute atomic E-state index is 11.5. The van der Waals surface area contributed by atoms with Crippen LogP contribution in [-0.2, 0) is 16.0 Å². The molecule has 94 valence electrons. The average molecular weight is 239 g/mol. The summed E-state index contributed by atoms with van der Waals surface area (Å²) in [6, 6.07) is 3.39. The molecular weight excluding hydrogens is 222 g/mol. The van der Waals surface area contributed by atoms with Crippen LogP contribution in [0.4, 0.5) is 0 Å². The van der Waals surface area contributed by atoms with Crippen LogP contribution < -0.4 is 5.32 Å². The molecule has 0 radical (unpaired) electrons. The smallest absolute Gasteiger partial charge is 0.325 e. The summed E-state index contributed by atoms with van der Waals surface area (Å²) in [4.78, 5) is 22.4. The van der Waals surface area contributed by atoms with E-state index in [-0.39, 0.29) is 12.3 Å². The second-order valence-electron chi connectivity index (χ2n) is 3.63. The van der Waals surface area contributed by atoms with Gasteiger partial charge in [0.05, 0.1) is 7.11 Å². The summed E-state index contributed by atoms with van der Waals surface area (Å²) in [6.07, 6.45) is 2.92. The van der Waals surface area contributed by atoms with Gasteiger partial charge < -0.3 is 14.5 Å². The molecule has 17 heavy (non-hydrogen) atoms. The summed E-state index contributed by atoms with van der Waals surface area (Å²) in [5.41, 5.74) is 0. The van der Waals surface area contributed by atoms with Crippen molar-refractivity contribution < 1.29 is 18.7 Å². The molecule has 1 aromatic heterocycles. The number of unbranched alkanes of at least 4 members (excludes halogenated alkanes) is 1. The van der Waals surface area contributed by atoms with Crippen LogP contribution in [0.15, 0.2) is 16.5 Å². The van der Waals surface area contributed by atoms with E-state index < -0.39 is 11.9 Å². The lowest BCUT2D eigenvalue weighted by molar-refractivity contribution is -0.139. The van der Waals surface area contributed by atoms with Crippen LogP contribution in [0.2, 0.25) is 0 Å². The largest absolute Gasteiger partial charge is 0.468 e. The van der Waals surface area contributed by atoms with Gasteiger partial charge >= 0.3 is 5.97 Å². The number of aryl methyl sites for hydroxylation is 1. The molecule has 0 aliphatic carbocycles. The summed E-state index contributed by atoms with van der Waals surface area (Å²) < 4.78 is 9.76. The number of hydrogen-bond donors (Lipinski definition) is 1. The molecule has 5 nitrogen and oxygen atoms in total. The van der Waals surface area contributed by atoms with Crippen LogP contribution in [-0.4, -0.2) is 25.5 Å². The predicted octanol–water partition coefficient (Wildman–Crippen LogP) is 1.52. The Kier molecular flexibility index (Phi) is 5.26. The minimum absolute atomic E-state index is 0.152. The Morgan fingerprint density at radius 1 is 1.41 bits per heavy atom. The Bertz CT molecular complexity index is 384. The van der Waals surface area contributed by atoms with E-state index >= 15 is 0 Å². The molecule has 5 heteroatoms. The van der Waals surface area contributed by atoms with E-state index in [0.29, 0.717) is 0 Å². The van der Waals surface area contributed by atoms with Gasteiger partial charge in [0.25, 0.3) is 5.91 Å². The van der Waals surface area contributed by atoms with Crippen molar-refractivity contribution in [3.63, 3.8) is 0 Å². The van der Waals surface area contributed by atoms with Gasteiger partial charge in [0.1, 0.15) is 12.3 Å². The van der Waals surface area contributed by atoms with Gasteiger partial charge in [-0.05, 0) is 18.6 Å². The molecule has 0 aromatic carbocycles. The fourth-order valence-corrected chi connectivity index (χ4v) is 1.30. The first-order chi connectivity index (χ1) is 8.17. The molecule has 0 bridgehead atoms. The number of esters is 1. The quantitative estimate of drug-likeness (QED) is 0.764. The highest BCUT2D eigenvalue weighted by molar-refractivity contribution is 5.93. The Labute approximate surface area is 100 Å². The van der Waals surface area contributed by atoms with Crippen LogP contribution in [0.1, 0.15) is 36.1 Å². The molecule has 1 heterocycles. The van der Waals surface area contributed by atoms with Gasteiger partial charge in [0.2, 0.25) is 0 Å². The normalized spacial score (nSPS) is 10.0. The first-order valence-electron chi connectivity index (χ1n) is 5.61. The van der Waals surface area contributed by atoms with E-state index in [0.717, 1.165) is 25.0 Å². The van der Waals surface area contributed by atoms with E-state index in [1.165, 1.54) is 7.11 Å². The number of methoxy groups -OCH3 is 1. The molecular formula is C12H17NO4. The molecule has 0 unspecified atom stereocenters. The van der Waals surface area contributed by atoms with E-state index in [4.69, 9.17) is 4.42 Å².